The first kappa shape index (κ1) is 25.4. The molecule has 0 saturated carbocycles. The molecule has 2 N–H and O–H groups in total. The number of nitrogens with zero attached hydrogens (tertiary/aromatic N) is 3. The Hall–Kier alpha value is -3.72. The molecule has 1 atom stereocenters. The first-order valence-corrected chi connectivity index (χ1v) is 12.3. The van der Waals surface area contributed by atoms with E-state index in [9.17, 15) is 14.4 Å². The molecule has 3 aromatic rings. The molecule has 0 unspecified atom stereocenters. The third-order valence-electron chi connectivity index (χ3n) is 6.38. The lowest BCUT2D eigenvalue weighted by Crippen LogP contribution is -2.45. The zero-order chi connectivity index (χ0) is 25.7. The molecular weight excluding hydrogens is 458 g/mol. The minimum atomic E-state index is -0.311. The highest BCUT2D eigenvalue weighted by molar-refractivity contribution is 6.05. The van der Waals surface area contributed by atoms with E-state index in [0.29, 0.717) is 42.7 Å². The van der Waals surface area contributed by atoms with Gasteiger partial charge in [-0.1, -0.05) is 30.3 Å². The zero-order valence-corrected chi connectivity index (χ0v) is 21.0. The van der Waals surface area contributed by atoms with Gasteiger partial charge in [0.1, 0.15) is 6.61 Å². The maximum absolute atomic E-state index is 13.6. The number of hydrogen-bond donors (Lipinski definition) is 2. The monoisotopic (exact) mass is 491 g/mol. The summed E-state index contributed by atoms with van der Waals surface area (Å²) in [7, 11) is 1.46. The van der Waals surface area contributed by atoms with Crippen LogP contribution in [0, 0.1) is 0 Å². The highest BCUT2D eigenvalue weighted by Gasteiger charge is 2.28. The minimum absolute atomic E-state index is 0.0155. The first-order chi connectivity index (χ1) is 17.4. The van der Waals surface area contributed by atoms with Crippen LogP contribution in [0.15, 0.2) is 48.8 Å². The Morgan fingerprint density at radius 2 is 2.03 bits per heavy atom. The van der Waals surface area contributed by atoms with E-state index in [0.717, 1.165) is 11.9 Å². The molecule has 1 aromatic heterocycles. The number of imidazole rings is 1. The van der Waals surface area contributed by atoms with Crippen molar-refractivity contribution in [3.8, 4) is 0 Å². The lowest BCUT2D eigenvalue weighted by atomic mass is 10.1. The van der Waals surface area contributed by atoms with Gasteiger partial charge in [-0.25, -0.2) is 4.98 Å². The van der Waals surface area contributed by atoms with Crippen molar-refractivity contribution in [2.24, 2.45) is 0 Å². The van der Waals surface area contributed by atoms with Gasteiger partial charge in [0, 0.05) is 44.3 Å². The normalized spacial score (nSPS) is 15.3. The van der Waals surface area contributed by atoms with Gasteiger partial charge in [-0.05, 0) is 44.4 Å². The van der Waals surface area contributed by atoms with E-state index >= 15 is 0 Å². The molecule has 36 heavy (non-hydrogen) atoms. The Morgan fingerprint density at radius 1 is 1.25 bits per heavy atom. The Bertz CT molecular complexity index is 1240. The van der Waals surface area contributed by atoms with Gasteiger partial charge in [0.15, 0.2) is 0 Å². The van der Waals surface area contributed by atoms with Crippen molar-refractivity contribution in [1.29, 1.82) is 0 Å². The summed E-state index contributed by atoms with van der Waals surface area (Å²) in [5, 5.41) is 5.84. The fraction of sp³-hybridized carbons (Fsp3) is 0.407. The van der Waals surface area contributed by atoms with Crippen LogP contribution in [0.25, 0.3) is 11.0 Å². The van der Waals surface area contributed by atoms with E-state index in [1.54, 1.807) is 23.4 Å². The van der Waals surface area contributed by atoms with Crippen molar-refractivity contribution < 1.29 is 19.1 Å². The van der Waals surface area contributed by atoms with E-state index in [2.05, 4.69) is 27.8 Å². The lowest BCUT2D eigenvalue weighted by molar-refractivity contribution is -0.120. The molecule has 0 aliphatic carbocycles. The van der Waals surface area contributed by atoms with Crippen LogP contribution in [-0.4, -0.2) is 64.5 Å². The largest absolute Gasteiger partial charge is 0.375 e. The Morgan fingerprint density at radius 3 is 2.69 bits per heavy atom. The minimum Gasteiger partial charge on any atom is -0.375 e. The van der Waals surface area contributed by atoms with Crippen molar-refractivity contribution in [3.63, 3.8) is 0 Å². The number of ether oxygens (including phenoxy) is 1. The van der Waals surface area contributed by atoms with Crippen LogP contribution in [0.1, 0.15) is 42.6 Å². The molecule has 1 fully saturated rings. The number of benzene rings is 2. The maximum Gasteiger partial charge on any atom is 0.254 e. The van der Waals surface area contributed by atoms with Crippen molar-refractivity contribution in [1.82, 2.24) is 19.8 Å². The smallest absolute Gasteiger partial charge is 0.254 e. The number of aryl methyl sites for hydroxylation is 2. The third kappa shape index (κ3) is 5.91. The van der Waals surface area contributed by atoms with E-state index in [1.807, 2.05) is 36.6 Å². The van der Waals surface area contributed by atoms with E-state index in [-0.39, 0.29) is 36.4 Å². The van der Waals surface area contributed by atoms with Gasteiger partial charge in [0.05, 0.1) is 23.0 Å². The highest BCUT2D eigenvalue weighted by atomic mass is 16.5. The van der Waals surface area contributed by atoms with Gasteiger partial charge >= 0.3 is 0 Å². The number of methoxy groups -OCH3 is 1. The third-order valence-corrected chi connectivity index (χ3v) is 6.38. The van der Waals surface area contributed by atoms with Gasteiger partial charge in [-0.3, -0.25) is 14.4 Å². The summed E-state index contributed by atoms with van der Waals surface area (Å²) in [6.45, 7) is 4.90. The number of fused-ring (bicyclic) bond motifs is 1. The second-order valence-corrected chi connectivity index (χ2v) is 9.40. The van der Waals surface area contributed by atoms with Crippen LogP contribution < -0.4 is 10.6 Å². The molecular formula is C27H33N5O4. The fourth-order valence-electron chi connectivity index (χ4n) is 4.55. The van der Waals surface area contributed by atoms with Crippen molar-refractivity contribution in [3.05, 3.63) is 59.9 Å². The van der Waals surface area contributed by atoms with Crippen molar-refractivity contribution >= 4 is 34.4 Å². The Labute approximate surface area is 210 Å². The number of anilines is 1. The number of rotatable bonds is 10. The second kappa shape index (κ2) is 11.3. The molecule has 1 aliphatic rings. The quantitative estimate of drug-likeness (QED) is 0.454. The number of nitrogens with one attached hydrogen (secondary N) is 2. The van der Waals surface area contributed by atoms with Gasteiger partial charge < -0.3 is 24.8 Å². The predicted molar refractivity (Wildman–Crippen MR) is 138 cm³/mol. The molecule has 4 rings (SSSR count). The zero-order valence-electron chi connectivity index (χ0n) is 21.0. The molecule has 2 aromatic carbocycles. The van der Waals surface area contributed by atoms with Crippen LogP contribution in [0.5, 0.6) is 0 Å². The number of carbonyl (C=O) groups excluding carboxylic acids is 3. The highest BCUT2D eigenvalue weighted by Crippen LogP contribution is 2.27. The topological polar surface area (TPSA) is 106 Å². The molecule has 0 spiro atoms. The molecule has 190 valence electrons. The summed E-state index contributed by atoms with van der Waals surface area (Å²) in [5.74, 6) is -0.468. The van der Waals surface area contributed by atoms with Crippen molar-refractivity contribution in [2.75, 3.05) is 25.6 Å². The maximum atomic E-state index is 13.6. The average molecular weight is 492 g/mol. The number of carbonyl (C=O) groups is 3. The van der Waals surface area contributed by atoms with E-state index in [4.69, 9.17) is 4.74 Å². The molecule has 9 nitrogen and oxygen atoms in total. The van der Waals surface area contributed by atoms with E-state index < -0.39 is 0 Å². The summed E-state index contributed by atoms with van der Waals surface area (Å²) >= 11 is 0. The van der Waals surface area contributed by atoms with Crippen LogP contribution in [-0.2, 0) is 27.3 Å². The Balaban J connectivity index is 1.65. The summed E-state index contributed by atoms with van der Waals surface area (Å²) < 4.78 is 6.98. The van der Waals surface area contributed by atoms with Crippen LogP contribution >= 0.6 is 0 Å². The fourth-order valence-corrected chi connectivity index (χ4v) is 4.55. The van der Waals surface area contributed by atoms with Crippen LogP contribution in [0.3, 0.4) is 0 Å². The molecule has 1 saturated heterocycles. The summed E-state index contributed by atoms with van der Waals surface area (Å²) in [4.78, 5) is 44.0. The molecule has 0 radical (unpaired) electrons. The Kier molecular flexibility index (Phi) is 8.00. The van der Waals surface area contributed by atoms with Gasteiger partial charge in [0.25, 0.3) is 5.91 Å². The standard InChI is InChI=1S/C27H33N5O4/c1-18(2)32(15-21-9-10-24(33)29-21)27(35)20-13-22-26(23(14-20)30-25(34)16-36-3)31(17-28-22)12-11-19-7-5-4-6-8-19/h4-8,13-14,17-18,21H,9-12,15-16H2,1-3H3,(H,29,33)(H,30,34)/t21-/m0/s1. The number of hydrogen-bond acceptors (Lipinski definition) is 5. The molecule has 0 bridgehead atoms. The SMILES string of the molecule is COCC(=O)Nc1cc(C(=O)N(C[C@@H]2CCC(=O)N2)C(C)C)cc2ncn(CCc3ccccc3)c12. The first-order valence-electron chi connectivity index (χ1n) is 12.3. The molecule has 9 heteroatoms. The molecule has 1 aliphatic heterocycles. The number of aromatic nitrogens is 2. The second-order valence-electron chi connectivity index (χ2n) is 9.40. The molecule has 2 heterocycles. The average Bonchev–Trinajstić information content (AvgIpc) is 3.47. The predicted octanol–water partition coefficient (Wildman–Crippen LogP) is 2.99. The van der Waals surface area contributed by atoms with Crippen molar-refractivity contribution in [2.45, 2.75) is 51.7 Å². The van der Waals surface area contributed by atoms with Gasteiger partial charge in [-0.2, -0.15) is 0 Å². The summed E-state index contributed by atoms with van der Waals surface area (Å²) in [6.07, 6.45) is 3.72. The summed E-state index contributed by atoms with van der Waals surface area (Å²) in [5.41, 5.74) is 3.52. The van der Waals surface area contributed by atoms with E-state index in [1.165, 1.54) is 12.7 Å². The van der Waals surface area contributed by atoms with Gasteiger partial charge in [-0.15, -0.1) is 0 Å². The molecule has 3 amide bonds. The van der Waals surface area contributed by atoms with Crippen LogP contribution in [0.4, 0.5) is 5.69 Å². The van der Waals surface area contributed by atoms with Crippen LogP contribution in [0.2, 0.25) is 0 Å². The lowest BCUT2D eigenvalue weighted by Gasteiger charge is -2.29. The number of amides is 3. The summed E-state index contributed by atoms with van der Waals surface area (Å²) in [6, 6.07) is 13.5. The van der Waals surface area contributed by atoms with Gasteiger partial charge in [0.2, 0.25) is 11.8 Å².